The van der Waals surface area contributed by atoms with Crippen LogP contribution in [0.3, 0.4) is 0 Å². The first-order valence-corrected chi connectivity index (χ1v) is 8.31. The van der Waals surface area contributed by atoms with Crippen LogP contribution in [0.5, 0.6) is 0 Å². The standard InChI is InChI=1S/C16H30N2O2/c1-3-12(2)15(17)16(19)18-10-8-14(9-11-18)20-13-6-4-5-7-13/h12-15H,3-11,17H2,1-2H3. The summed E-state index contributed by atoms with van der Waals surface area (Å²) >= 11 is 0. The second kappa shape index (κ2) is 7.41. The summed E-state index contributed by atoms with van der Waals surface area (Å²) in [5, 5.41) is 0. The van der Waals surface area contributed by atoms with Gasteiger partial charge in [-0.25, -0.2) is 0 Å². The Morgan fingerprint density at radius 2 is 1.75 bits per heavy atom. The Morgan fingerprint density at radius 3 is 2.30 bits per heavy atom. The molecule has 4 heteroatoms. The summed E-state index contributed by atoms with van der Waals surface area (Å²) in [5.74, 6) is 0.383. The molecule has 2 rings (SSSR count). The number of nitrogens with two attached hydrogens (primary N) is 1. The Kier molecular flexibility index (Phi) is 5.85. The second-order valence-corrected chi connectivity index (χ2v) is 6.48. The topological polar surface area (TPSA) is 55.6 Å². The first-order valence-electron chi connectivity index (χ1n) is 8.31. The number of rotatable bonds is 5. The molecule has 2 N–H and O–H groups in total. The third kappa shape index (κ3) is 3.95. The fourth-order valence-corrected chi connectivity index (χ4v) is 3.22. The Labute approximate surface area is 123 Å². The van der Waals surface area contributed by atoms with Crippen LogP contribution in [-0.2, 0) is 9.53 Å². The van der Waals surface area contributed by atoms with E-state index in [0.29, 0.717) is 12.2 Å². The molecule has 1 amide bonds. The van der Waals surface area contributed by atoms with Gasteiger partial charge in [-0.2, -0.15) is 0 Å². The molecule has 1 heterocycles. The molecule has 0 aromatic rings. The lowest BCUT2D eigenvalue weighted by Crippen LogP contribution is -2.50. The van der Waals surface area contributed by atoms with Crippen molar-refractivity contribution in [3.63, 3.8) is 0 Å². The van der Waals surface area contributed by atoms with Gasteiger partial charge >= 0.3 is 0 Å². The number of carbonyl (C=O) groups is 1. The molecule has 2 unspecified atom stereocenters. The maximum Gasteiger partial charge on any atom is 0.239 e. The van der Waals surface area contributed by atoms with Crippen LogP contribution in [0, 0.1) is 5.92 Å². The summed E-state index contributed by atoms with van der Waals surface area (Å²) in [4.78, 5) is 14.2. The number of ether oxygens (including phenoxy) is 1. The van der Waals surface area contributed by atoms with Gasteiger partial charge in [-0.15, -0.1) is 0 Å². The van der Waals surface area contributed by atoms with Gasteiger partial charge in [0.1, 0.15) is 0 Å². The summed E-state index contributed by atoms with van der Waals surface area (Å²) in [7, 11) is 0. The Morgan fingerprint density at radius 1 is 1.20 bits per heavy atom. The van der Waals surface area contributed by atoms with Gasteiger partial charge in [-0.1, -0.05) is 33.1 Å². The van der Waals surface area contributed by atoms with Crippen molar-refractivity contribution in [3.05, 3.63) is 0 Å². The highest BCUT2D eigenvalue weighted by Crippen LogP contribution is 2.25. The van der Waals surface area contributed by atoms with Gasteiger partial charge in [0.25, 0.3) is 0 Å². The van der Waals surface area contributed by atoms with Gasteiger partial charge in [0.15, 0.2) is 0 Å². The maximum atomic E-state index is 12.3. The predicted molar refractivity (Wildman–Crippen MR) is 80.4 cm³/mol. The van der Waals surface area contributed by atoms with Gasteiger partial charge < -0.3 is 15.4 Å². The normalized spacial score (nSPS) is 24.9. The minimum absolute atomic E-state index is 0.124. The molecule has 2 aliphatic rings. The Bertz CT molecular complexity index is 308. The second-order valence-electron chi connectivity index (χ2n) is 6.48. The molecule has 0 bridgehead atoms. The minimum Gasteiger partial charge on any atom is -0.375 e. The summed E-state index contributed by atoms with van der Waals surface area (Å²) in [6, 6.07) is -0.340. The third-order valence-electron chi connectivity index (χ3n) is 4.98. The van der Waals surface area contributed by atoms with Crippen LogP contribution < -0.4 is 5.73 Å². The zero-order valence-electron chi connectivity index (χ0n) is 13.0. The van der Waals surface area contributed by atoms with Crippen molar-refractivity contribution in [1.82, 2.24) is 4.90 Å². The van der Waals surface area contributed by atoms with Gasteiger partial charge in [0.05, 0.1) is 18.2 Å². The lowest BCUT2D eigenvalue weighted by Gasteiger charge is -2.35. The highest BCUT2D eigenvalue weighted by molar-refractivity contribution is 5.82. The molecular formula is C16H30N2O2. The predicted octanol–water partition coefficient (Wildman–Crippen LogP) is 2.31. The number of amides is 1. The lowest BCUT2D eigenvalue weighted by atomic mass is 9.97. The van der Waals surface area contributed by atoms with Crippen molar-refractivity contribution < 1.29 is 9.53 Å². The number of piperidine rings is 1. The summed E-state index contributed by atoms with van der Waals surface area (Å²) in [5.41, 5.74) is 6.05. The number of nitrogens with zero attached hydrogens (tertiary/aromatic N) is 1. The maximum absolute atomic E-state index is 12.3. The van der Waals surface area contributed by atoms with E-state index in [1.807, 2.05) is 4.90 Å². The van der Waals surface area contributed by atoms with Gasteiger partial charge in [-0.3, -0.25) is 4.79 Å². The molecule has 1 aliphatic heterocycles. The van der Waals surface area contributed by atoms with Crippen LogP contribution in [0.25, 0.3) is 0 Å². The summed E-state index contributed by atoms with van der Waals surface area (Å²) < 4.78 is 6.14. The molecule has 0 spiro atoms. The van der Waals surface area contributed by atoms with Crippen molar-refractivity contribution >= 4 is 5.91 Å². The quantitative estimate of drug-likeness (QED) is 0.842. The minimum atomic E-state index is -0.340. The molecule has 116 valence electrons. The number of hydrogen-bond donors (Lipinski definition) is 1. The van der Waals surface area contributed by atoms with Crippen LogP contribution >= 0.6 is 0 Å². The van der Waals surface area contributed by atoms with Crippen LogP contribution in [0.4, 0.5) is 0 Å². The van der Waals surface area contributed by atoms with Crippen molar-refractivity contribution in [2.75, 3.05) is 13.1 Å². The van der Waals surface area contributed by atoms with E-state index in [-0.39, 0.29) is 17.9 Å². The molecule has 1 saturated carbocycles. The van der Waals surface area contributed by atoms with E-state index in [1.54, 1.807) is 0 Å². The molecule has 0 aromatic heterocycles. The fraction of sp³-hybridized carbons (Fsp3) is 0.938. The smallest absolute Gasteiger partial charge is 0.239 e. The van der Waals surface area contributed by atoms with Crippen LogP contribution in [0.2, 0.25) is 0 Å². The molecule has 1 aliphatic carbocycles. The van der Waals surface area contributed by atoms with E-state index in [0.717, 1.165) is 32.4 Å². The molecule has 0 aromatic carbocycles. The van der Waals surface area contributed by atoms with E-state index < -0.39 is 0 Å². The fourth-order valence-electron chi connectivity index (χ4n) is 3.22. The van der Waals surface area contributed by atoms with E-state index in [2.05, 4.69) is 13.8 Å². The third-order valence-corrected chi connectivity index (χ3v) is 4.98. The highest BCUT2D eigenvalue weighted by Gasteiger charge is 2.30. The molecule has 2 atom stereocenters. The number of likely N-dealkylation sites (tertiary alicyclic amines) is 1. The first kappa shape index (κ1) is 15.8. The number of hydrogen-bond acceptors (Lipinski definition) is 3. The molecule has 0 radical (unpaired) electrons. The Hall–Kier alpha value is -0.610. The average Bonchev–Trinajstić information content (AvgIpc) is 2.98. The molecule has 4 nitrogen and oxygen atoms in total. The first-order chi connectivity index (χ1) is 9.61. The number of carbonyl (C=O) groups excluding carboxylic acids is 1. The van der Waals surface area contributed by atoms with Crippen LogP contribution in [0.15, 0.2) is 0 Å². The zero-order valence-corrected chi connectivity index (χ0v) is 13.0. The Balaban J connectivity index is 1.74. The molecule has 1 saturated heterocycles. The van der Waals surface area contributed by atoms with Crippen molar-refractivity contribution in [3.8, 4) is 0 Å². The molecular weight excluding hydrogens is 252 g/mol. The zero-order chi connectivity index (χ0) is 14.5. The van der Waals surface area contributed by atoms with Gasteiger partial charge in [-0.05, 0) is 31.6 Å². The molecule has 2 fully saturated rings. The lowest BCUT2D eigenvalue weighted by molar-refractivity contribution is -0.137. The summed E-state index contributed by atoms with van der Waals surface area (Å²) in [6.45, 7) is 5.75. The van der Waals surface area contributed by atoms with Gasteiger partial charge in [0.2, 0.25) is 5.91 Å². The largest absolute Gasteiger partial charge is 0.375 e. The SMILES string of the molecule is CCC(C)C(N)C(=O)N1CCC(OC2CCCC2)CC1. The van der Waals surface area contributed by atoms with Crippen molar-refractivity contribution in [2.24, 2.45) is 11.7 Å². The van der Waals surface area contributed by atoms with E-state index in [4.69, 9.17) is 10.5 Å². The molecule has 20 heavy (non-hydrogen) atoms. The van der Waals surface area contributed by atoms with E-state index in [9.17, 15) is 4.79 Å². The highest BCUT2D eigenvalue weighted by atomic mass is 16.5. The average molecular weight is 282 g/mol. The van der Waals surface area contributed by atoms with Crippen molar-refractivity contribution in [1.29, 1.82) is 0 Å². The monoisotopic (exact) mass is 282 g/mol. The summed E-state index contributed by atoms with van der Waals surface area (Å²) in [6.07, 6.45) is 8.78. The van der Waals surface area contributed by atoms with Gasteiger partial charge in [0, 0.05) is 13.1 Å². The van der Waals surface area contributed by atoms with E-state index >= 15 is 0 Å². The van der Waals surface area contributed by atoms with Crippen molar-refractivity contribution in [2.45, 2.75) is 77.0 Å². The van der Waals surface area contributed by atoms with Crippen LogP contribution in [0.1, 0.15) is 58.8 Å². The van der Waals surface area contributed by atoms with Crippen LogP contribution in [-0.4, -0.2) is 42.1 Å². The van der Waals surface area contributed by atoms with E-state index in [1.165, 1.54) is 25.7 Å².